The number of nitrogens with zero attached hydrogens (tertiary/aromatic N) is 2. The van der Waals surface area contributed by atoms with E-state index in [1.165, 1.54) is 0 Å². The molecule has 0 radical (unpaired) electrons. The molecule has 0 spiro atoms. The summed E-state index contributed by atoms with van der Waals surface area (Å²) in [5.41, 5.74) is 0.649. The number of furan rings is 1. The number of hydrogen-bond acceptors (Lipinski definition) is 5. The molecule has 0 amide bonds. The summed E-state index contributed by atoms with van der Waals surface area (Å²) in [7, 11) is 0. The third kappa shape index (κ3) is 3.68. The van der Waals surface area contributed by atoms with Crippen LogP contribution in [0.5, 0.6) is 0 Å². The van der Waals surface area contributed by atoms with E-state index in [1.54, 1.807) is 22.6 Å². The number of ether oxygens (including phenoxy) is 1. The van der Waals surface area contributed by atoms with E-state index in [-0.39, 0.29) is 11.7 Å². The molecular weight excluding hydrogens is 404 g/mol. The van der Waals surface area contributed by atoms with E-state index in [9.17, 15) is 4.79 Å². The van der Waals surface area contributed by atoms with Gasteiger partial charge < -0.3 is 9.15 Å². The molecule has 0 bridgehead atoms. The third-order valence-corrected chi connectivity index (χ3v) is 5.80. The van der Waals surface area contributed by atoms with Crippen molar-refractivity contribution in [3.63, 3.8) is 0 Å². The molecule has 5 nitrogen and oxygen atoms in total. The van der Waals surface area contributed by atoms with Gasteiger partial charge in [-0.1, -0.05) is 27.7 Å². The van der Waals surface area contributed by atoms with Crippen LogP contribution in [0.4, 0.5) is 0 Å². The number of hydrogen-bond donors (Lipinski definition) is 0. The summed E-state index contributed by atoms with van der Waals surface area (Å²) in [6.45, 7) is 1.19. The molecule has 4 rings (SSSR count). The second-order valence-electron chi connectivity index (χ2n) is 5.97. The summed E-state index contributed by atoms with van der Waals surface area (Å²) >= 11 is 5.00. The minimum absolute atomic E-state index is 0.0578. The predicted molar refractivity (Wildman–Crippen MR) is 101 cm³/mol. The Bertz CT molecular complexity index is 933. The second kappa shape index (κ2) is 7.35. The number of halogens is 1. The highest BCUT2D eigenvalue weighted by molar-refractivity contribution is 9.10. The third-order valence-electron chi connectivity index (χ3n) is 4.20. The molecule has 7 heteroatoms. The summed E-state index contributed by atoms with van der Waals surface area (Å²) in [6, 6.07) is 9.28. The van der Waals surface area contributed by atoms with Crippen LogP contribution in [0, 0.1) is 0 Å². The Morgan fingerprint density at radius 1 is 1.36 bits per heavy atom. The van der Waals surface area contributed by atoms with Gasteiger partial charge in [0.1, 0.15) is 5.76 Å². The molecule has 1 aliphatic heterocycles. The molecule has 1 aromatic carbocycles. The van der Waals surface area contributed by atoms with E-state index in [0.717, 1.165) is 35.4 Å². The molecule has 1 atom stereocenters. The summed E-state index contributed by atoms with van der Waals surface area (Å²) in [6.07, 6.45) is 4.02. The molecule has 3 aromatic rings. The molecule has 2 aromatic heterocycles. The largest absolute Gasteiger partial charge is 0.467 e. The van der Waals surface area contributed by atoms with Gasteiger partial charge in [0.2, 0.25) is 0 Å². The minimum Gasteiger partial charge on any atom is -0.467 e. The monoisotopic (exact) mass is 420 g/mol. The number of aromatic nitrogens is 2. The molecule has 130 valence electrons. The smallest absolute Gasteiger partial charge is 0.262 e. The van der Waals surface area contributed by atoms with Gasteiger partial charge >= 0.3 is 0 Å². The lowest BCUT2D eigenvalue weighted by molar-refractivity contribution is 0.129. The Morgan fingerprint density at radius 3 is 3.04 bits per heavy atom. The van der Waals surface area contributed by atoms with Crippen LogP contribution in [0.2, 0.25) is 0 Å². The normalized spacial score (nSPS) is 17.4. The standard InChI is InChI=1S/C18H17BrN2O3S/c19-12-5-6-16-15(9-12)17(22)21(10-13-3-1-7-23-13)18(20-16)25-11-14-4-2-8-24-14/h1,3,5-7,9,14H,2,4,8,10-11H2/t14-/m1/s1. The quantitative estimate of drug-likeness (QED) is 0.459. The van der Waals surface area contributed by atoms with Gasteiger partial charge in [-0.25, -0.2) is 4.98 Å². The highest BCUT2D eigenvalue weighted by Gasteiger charge is 2.19. The van der Waals surface area contributed by atoms with Crippen molar-refractivity contribution in [2.24, 2.45) is 0 Å². The Balaban J connectivity index is 1.74. The van der Waals surface area contributed by atoms with Crippen LogP contribution in [-0.2, 0) is 11.3 Å². The molecular formula is C18H17BrN2O3S. The van der Waals surface area contributed by atoms with Gasteiger partial charge in [0.05, 0.1) is 29.8 Å². The number of thioether (sulfide) groups is 1. The van der Waals surface area contributed by atoms with Gasteiger partial charge in [-0.2, -0.15) is 0 Å². The first kappa shape index (κ1) is 16.9. The van der Waals surface area contributed by atoms with Gasteiger partial charge in [0.15, 0.2) is 5.16 Å². The van der Waals surface area contributed by atoms with Gasteiger partial charge in [-0.3, -0.25) is 9.36 Å². The van der Waals surface area contributed by atoms with E-state index in [2.05, 4.69) is 15.9 Å². The Morgan fingerprint density at radius 2 is 2.28 bits per heavy atom. The van der Waals surface area contributed by atoms with Gasteiger partial charge in [0.25, 0.3) is 5.56 Å². The van der Waals surface area contributed by atoms with Crippen molar-refractivity contribution in [3.05, 3.63) is 57.2 Å². The zero-order valence-corrected chi connectivity index (χ0v) is 15.9. The van der Waals surface area contributed by atoms with Crippen molar-refractivity contribution in [1.29, 1.82) is 0 Å². The molecule has 3 heterocycles. The summed E-state index contributed by atoms with van der Waals surface area (Å²) in [4.78, 5) is 17.8. The van der Waals surface area contributed by atoms with Crippen molar-refractivity contribution in [1.82, 2.24) is 9.55 Å². The number of fused-ring (bicyclic) bond motifs is 1. The highest BCUT2D eigenvalue weighted by atomic mass is 79.9. The Labute approximate surface area is 157 Å². The van der Waals surface area contributed by atoms with E-state index in [4.69, 9.17) is 14.1 Å². The fraction of sp³-hybridized carbons (Fsp3) is 0.333. The molecule has 1 saturated heterocycles. The molecule has 1 fully saturated rings. The lowest BCUT2D eigenvalue weighted by Gasteiger charge is -2.14. The predicted octanol–water partition coefficient (Wildman–Crippen LogP) is 4.07. The number of rotatable bonds is 5. The fourth-order valence-corrected chi connectivity index (χ4v) is 4.35. The average Bonchev–Trinajstić information content (AvgIpc) is 3.30. The van der Waals surface area contributed by atoms with E-state index in [1.807, 2.05) is 30.3 Å². The second-order valence-corrected chi connectivity index (χ2v) is 7.88. The Kier molecular flexibility index (Phi) is 4.96. The first-order valence-electron chi connectivity index (χ1n) is 8.17. The lowest BCUT2D eigenvalue weighted by Crippen LogP contribution is -2.24. The summed E-state index contributed by atoms with van der Waals surface area (Å²) in [5.74, 6) is 1.53. The first-order chi connectivity index (χ1) is 12.2. The highest BCUT2D eigenvalue weighted by Crippen LogP contribution is 2.25. The topological polar surface area (TPSA) is 57.3 Å². The van der Waals surface area contributed by atoms with Crippen molar-refractivity contribution >= 4 is 38.6 Å². The molecule has 1 aliphatic rings. The van der Waals surface area contributed by atoms with Crippen LogP contribution in [0.25, 0.3) is 10.9 Å². The summed E-state index contributed by atoms with van der Waals surface area (Å²) in [5, 5.41) is 1.30. The lowest BCUT2D eigenvalue weighted by atomic mass is 10.2. The van der Waals surface area contributed by atoms with Gasteiger partial charge in [0, 0.05) is 16.8 Å². The van der Waals surface area contributed by atoms with Crippen LogP contribution in [0.15, 0.2) is 55.4 Å². The molecule has 25 heavy (non-hydrogen) atoms. The zero-order chi connectivity index (χ0) is 17.2. The SMILES string of the molecule is O=c1c2cc(Br)ccc2nc(SC[C@H]2CCCO2)n1Cc1ccco1. The molecule has 0 N–H and O–H groups in total. The van der Waals surface area contributed by atoms with Gasteiger partial charge in [-0.05, 0) is 43.2 Å². The number of benzene rings is 1. The van der Waals surface area contributed by atoms with E-state index in [0.29, 0.717) is 22.6 Å². The maximum atomic E-state index is 13.0. The zero-order valence-electron chi connectivity index (χ0n) is 13.5. The van der Waals surface area contributed by atoms with Crippen molar-refractivity contribution in [2.75, 3.05) is 12.4 Å². The van der Waals surface area contributed by atoms with Crippen LogP contribution in [-0.4, -0.2) is 28.0 Å². The van der Waals surface area contributed by atoms with Crippen LogP contribution >= 0.6 is 27.7 Å². The molecule has 0 saturated carbocycles. The average molecular weight is 421 g/mol. The maximum Gasteiger partial charge on any atom is 0.262 e. The van der Waals surface area contributed by atoms with Crippen molar-refractivity contribution in [3.8, 4) is 0 Å². The van der Waals surface area contributed by atoms with Gasteiger partial charge in [-0.15, -0.1) is 0 Å². The van der Waals surface area contributed by atoms with Crippen LogP contribution in [0.3, 0.4) is 0 Å². The van der Waals surface area contributed by atoms with Crippen molar-refractivity contribution in [2.45, 2.75) is 30.6 Å². The Hall–Kier alpha value is -1.57. The van der Waals surface area contributed by atoms with E-state index < -0.39 is 0 Å². The van der Waals surface area contributed by atoms with E-state index >= 15 is 0 Å². The summed E-state index contributed by atoms with van der Waals surface area (Å²) < 4.78 is 13.7. The molecule has 0 aliphatic carbocycles. The van der Waals surface area contributed by atoms with Crippen LogP contribution in [0.1, 0.15) is 18.6 Å². The maximum absolute atomic E-state index is 13.0. The minimum atomic E-state index is -0.0578. The first-order valence-corrected chi connectivity index (χ1v) is 9.95. The van der Waals surface area contributed by atoms with Crippen molar-refractivity contribution < 1.29 is 9.15 Å². The fourth-order valence-electron chi connectivity index (χ4n) is 2.92. The molecule has 0 unspecified atom stereocenters. The van der Waals surface area contributed by atoms with Crippen LogP contribution < -0.4 is 5.56 Å².